The second kappa shape index (κ2) is 10.1. The van der Waals surface area contributed by atoms with Crippen LogP contribution in [0.25, 0.3) is 55.7 Å². The lowest BCUT2D eigenvalue weighted by atomic mass is 9.80. The highest BCUT2D eigenvalue weighted by Gasteiger charge is 2.41. The predicted octanol–water partition coefficient (Wildman–Crippen LogP) is 10.7. The molecule has 2 heterocycles. The second-order valence-corrected chi connectivity index (χ2v) is 12.7. The zero-order chi connectivity index (χ0) is 29.2. The van der Waals surface area contributed by atoms with Gasteiger partial charge < -0.3 is 9.13 Å². The molecule has 214 valence electrons. The summed E-state index contributed by atoms with van der Waals surface area (Å²) in [5, 5.41) is 3.98. The summed E-state index contributed by atoms with van der Waals surface area (Å²) in [6, 6.07) is 20.5. The molecule has 0 spiro atoms. The highest BCUT2D eigenvalue weighted by molar-refractivity contribution is 6.05. The van der Waals surface area contributed by atoms with E-state index in [0.29, 0.717) is 11.8 Å². The fraction of sp³-hybridized carbons (Fsp3) is 0.190. The summed E-state index contributed by atoms with van der Waals surface area (Å²) in [5.74, 6) is 1.32. The number of rotatable bonds is 5. The van der Waals surface area contributed by atoms with Crippen LogP contribution in [-0.2, 0) is 13.0 Å². The third-order valence-corrected chi connectivity index (χ3v) is 10.2. The van der Waals surface area contributed by atoms with Crippen LogP contribution in [0.5, 0.6) is 0 Å². The third kappa shape index (κ3) is 4.01. The van der Waals surface area contributed by atoms with E-state index in [2.05, 4.69) is 144 Å². The molecule has 4 aliphatic carbocycles. The van der Waals surface area contributed by atoms with Gasteiger partial charge in [0.15, 0.2) is 0 Å². The van der Waals surface area contributed by atoms with E-state index in [1.54, 1.807) is 0 Å². The van der Waals surface area contributed by atoms with Gasteiger partial charge in [0.25, 0.3) is 0 Å². The van der Waals surface area contributed by atoms with E-state index >= 15 is 0 Å². The van der Waals surface area contributed by atoms with Gasteiger partial charge in [-0.2, -0.15) is 0 Å². The van der Waals surface area contributed by atoms with Crippen LogP contribution < -0.4 is 0 Å². The molecule has 9 rings (SSSR count). The Balaban J connectivity index is 1.31. The Morgan fingerprint density at radius 2 is 1.77 bits per heavy atom. The van der Waals surface area contributed by atoms with Gasteiger partial charge in [0.1, 0.15) is 0 Å². The Hall–Kier alpha value is -4.82. The molecule has 0 N–H and O–H groups in total. The van der Waals surface area contributed by atoms with Crippen LogP contribution in [0.15, 0.2) is 122 Å². The van der Waals surface area contributed by atoms with Crippen LogP contribution in [-0.4, -0.2) is 9.13 Å². The molecule has 44 heavy (non-hydrogen) atoms. The summed E-state index contributed by atoms with van der Waals surface area (Å²) in [6.07, 6.45) is 32.1. The van der Waals surface area contributed by atoms with Gasteiger partial charge in [-0.25, -0.2) is 0 Å². The first-order chi connectivity index (χ1) is 21.8. The molecule has 0 radical (unpaired) electrons. The lowest BCUT2D eigenvalue weighted by Gasteiger charge is -2.23. The van der Waals surface area contributed by atoms with Gasteiger partial charge >= 0.3 is 0 Å². The standard InChI is InChI=1S/C42H36N2/c1-2-44-39-20-11-5-10-18-33(39)37-25-32(21-22-40(37)44)43-26-31-24-36(28-13-6-3-7-14-28)42(34-19-12-17-30-23-35(30)34)41(38(31)27-43)29-15-8-4-9-16-29/h3-8,10-15,17-19,21-22,24-27,30,35H,2,9,16,20,23H2,1H3. The van der Waals surface area contributed by atoms with E-state index in [4.69, 9.17) is 0 Å². The van der Waals surface area contributed by atoms with Crippen molar-refractivity contribution in [2.24, 2.45) is 11.8 Å². The number of allylic oxidation sites excluding steroid dienone is 11. The molecular weight excluding hydrogens is 532 g/mol. The zero-order valence-electron chi connectivity index (χ0n) is 25.2. The molecule has 0 aliphatic heterocycles. The number of hydrogen-bond acceptors (Lipinski definition) is 0. The molecule has 2 aromatic heterocycles. The molecule has 1 fully saturated rings. The first kappa shape index (κ1) is 25.7. The van der Waals surface area contributed by atoms with Crippen LogP contribution in [0.2, 0.25) is 0 Å². The first-order valence-corrected chi connectivity index (χ1v) is 16.3. The van der Waals surface area contributed by atoms with Crippen LogP contribution in [0.4, 0.5) is 0 Å². The highest BCUT2D eigenvalue weighted by atomic mass is 15.0. The van der Waals surface area contributed by atoms with Gasteiger partial charge in [0, 0.05) is 64.0 Å². The minimum atomic E-state index is 0.628. The highest BCUT2D eigenvalue weighted by Crippen LogP contribution is 2.55. The van der Waals surface area contributed by atoms with Crippen molar-refractivity contribution in [1.82, 2.24) is 9.13 Å². The van der Waals surface area contributed by atoms with Crippen molar-refractivity contribution in [2.45, 2.75) is 39.2 Å². The maximum absolute atomic E-state index is 2.48. The molecule has 2 nitrogen and oxygen atoms in total. The predicted molar refractivity (Wildman–Crippen MR) is 187 cm³/mol. The van der Waals surface area contributed by atoms with Crippen molar-refractivity contribution in [2.75, 3.05) is 0 Å². The first-order valence-electron chi connectivity index (χ1n) is 16.3. The summed E-state index contributed by atoms with van der Waals surface area (Å²) in [7, 11) is 0. The van der Waals surface area contributed by atoms with E-state index in [9.17, 15) is 0 Å². The monoisotopic (exact) mass is 568 g/mol. The lowest BCUT2D eigenvalue weighted by molar-refractivity contribution is 0.755. The summed E-state index contributed by atoms with van der Waals surface area (Å²) in [6.45, 7) is 3.23. The van der Waals surface area contributed by atoms with Crippen molar-refractivity contribution in [3.05, 3.63) is 144 Å². The molecule has 1 saturated carbocycles. The molecule has 0 bridgehead atoms. The largest absolute Gasteiger partial charge is 0.344 e. The molecule has 2 heteroatoms. The average molecular weight is 569 g/mol. The number of benzene rings is 3. The van der Waals surface area contributed by atoms with E-state index in [1.807, 2.05) is 0 Å². The molecule has 3 aromatic carbocycles. The molecule has 2 unspecified atom stereocenters. The summed E-state index contributed by atoms with van der Waals surface area (Å²) < 4.78 is 4.85. The van der Waals surface area contributed by atoms with Crippen molar-refractivity contribution in [3.63, 3.8) is 0 Å². The van der Waals surface area contributed by atoms with Crippen LogP contribution in [0.3, 0.4) is 0 Å². The zero-order valence-corrected chi connectivity index (χ0v) is 25.2. The number of aryl methyl sites for hydroxylation is 1. The summed E-state index contributed by atoms with van der Waals surface area (Å²) in [4.78, 5) is 0. The molecular formula is C42H36N2. The van der Waals surface area contributed by atoms with Gasteiger partial charge in [0.05, 0.1) is 0 Å². The lowest BCUT2D eigenvalue weighted by Crippen LogP contribution is -2.02. The molecule has 0 amide bonds. The van der Waals surface area contributed by atoms with E-state index in [1.165, 1.54) is 78.4 Å². The SMILES string of the molecule is CCn1c2c(c3cc(-n4cc5cc(-c6ccccc6)c(C6=CC=CC7CC67)c(C6=CC=CCC6)c5c4)ccc31)C=CC=CC2. The van der Waals surface area contributed by atoms with E-state index < -0.39 is 0 Å². The Bertz CT molecular complexity index is 2150. The van der Waals surface area contributed by atoms with Gasteiger partial charge in [-0.3, -0.25) is 0 Å². The van der Waals surface area contributed by atoms with Gasteiger partial charge in [0.2, 0.25) is 0 Å². The average Bonchev–Trinajstić information content (AvgIpc) is 3.74. The quantitative estimate of drug-likeness (QED) is 0.200. The van der Waals surface area contributed by atoms with Crippen molar-refractivity contribution in [3.8, 4) is 16.8 Å². The van der Waals surface area contributed by atoms with E-state index in [-0.39, 0.29) is 0 Å². The Kier molecular flexibility index (Phi) is 5.91. The third-order valence-electron chi connectivity index (χ3n) is 10.2. The minimum Gasteiger partial charge on any atom is -0.344 e. The number of fused-ring (bicyclic) bond motifs is 5. The maximum atomic E-state index is 2.48. The number of hydrogen-bond donors (Lipinski definition) is 0. The molecule has 0 saturated heterocycles. The fourth-order valence-electron chi connectivity index (χ4n) is 7.97. The molecule has 2 atom stereocenters. The van der Waals surface area contributed by atoms with Crippen LogP contribution in [0, 0.1) is 11.8 Å². The fourth-order valence-corrected chi connectivity index (χ4v) is 7.97. The van der Waals surface area contributed by atoms with E-state index in [0.717, 1.165) is 25.8 Å². The summed E-state index contributed by atoms with van der Waals surface area (Å²) >= 11 is 0. The number of aromatic nitrogens is 2. The minimum absolute atomic E-state index is 0.628. The van der Waals surface area contributed by atoms with Gasteiger partial charge in [-0.05, 0) is 95.7 Å². The molecule has 4 aliphatic rings. The normalized spacial score (nSPS) is 20.0. The Morgan fingerprint density at radius 3 is 2.64 bits per heavy atom. The number of nitrogens with zero attached hydrogens (tertiary/aromatic N) is 2. The topological polar surface area (TPSA) is 9.86 Å². The van der Waals surface area contributed by atoms with Crippen molar-refractivity contribution >= 4 is 38.9 Å². The maximum Gasteiger partial charge on any atom is 0.0490 e. The Labute approximate surface area is 259 Å². The van der Waals surface area contributed by atoms with Gasteiger partial charge in [-0.1, -0.05) is 91.1 Å². The van der Waals surface area contributed by atoms with Crippen molar-refractivity contribution in [1.29, 1.82) is 0 Å². The summed E-state index contributed by atoms with van der Waals surface area (Å²) in [5.41, 5.74) is 13.8. The van der Waals surface area contributed by atoms with Crippen LogP contribution >= 0.6 is 0 Å². The second-order valence-electron chi connectivity index (χ2n) is 12.7. The smallest absolute Gasteiger partial charge is 0.0490 e. The van der Waals surface area contributed by atoms with Crippen molar-refractivity contribution < 1.29 is 0 Å². The Morgan fingerprint density at radius 1 is 0.841 bits per heavy atom. The van der Waals surface area contributed by atoms with Crippen LogP contribution in [0.1, 0.15) is 48.6 Å². The van der Waals surface area contributed by atoms with Gasteiger partial charge in [-0.15, -0.1) is 0 Å². The molecule has 5 aromatic rings.